The SMILES string of the molecule is CC(C)(C)c1c(N2c3ccccc3B3c4c2cccc4N(c2ccc4ccccc4c2C(C)(C)C)c2ccc4c(oc5ccccc54)c23)ccc2ccccc12. The van der Waals surface area contributed by atoms with E-state index in [0.29, 0.717) is 0 Å². The quantitative estimate of drug-likeness (QED) is 0.166. The van der Waals surface area contributed by atoms with E-state index in [4.69, 9.17) is 4.42 Å². The summed E-state index contributed by atoms with van der Waals surface area (Å²) in [6.07, 6.45) is 0. The maximum atomic E-state index is 7.01. The molecule has 0 unspecified atom stereocenters. The Kier molecular flexibility index (Phi) is 6.88. The summed E-state index contributed by atoms with van der Waals surface area (Å²) in [5.41, 5.74) is 15.3. The Balaban J connectivity index is 1.29. The molecule has 1 aromatic heterocycles. The van der Waals surface area contributed by atoms with Crippen LogP contribution in [0.5, 0.6) is 0 Å². The van der Waals surface area contributed by atoms with Gasteiger partial charge in [0.2, 0.25) is 0 Å². The van der Waals surface area contributed by atoms with Crippen molar-refractivity contribution in [3.8, 4) is 0 Å². The van der Waals surface area contributed by atoms with Crippen LogP contribution >= 0.6 is 0 Å². The topological polar surface area (TPSA) is 19.6 Å². The van der Waals surface area contributed by atoms with Gasteiger partial charge in [-0.3, -0.25) is 0 Å². The van der Waals surface area contributed by atoms with Crippen LogP contribution in [0, 0.1) is 0 Å². The Morgan fingerprint density at radius 1 is 0.393 bits per heavy atom. The van der Waals surface area contributed by atoms with Crippen molar-refractivity contribution in [3.63, 3.8) is 0 Å². The Morgan fingerprint density at radius 2 is 0.875 bits per heavy atom. The molecule has 0 atom stereocenters. The first-order valence-corrected chi connectivity index (χ1v) is 19.9. The van der Waals surface area contributed by atoms with Gasteiger partial charge in [-0.05, 0) is 108 Å². The van der Waals surface area contributed by atoms with Crippen molar-refractivity contribution >= 4 is 101 Å². The fourth-order valence-corrected chi connectivity index (χ4v) is 10.1. The first-order valence-electron chi connectivity index (χ1n) is 19.9. The molecule has 0 saturated carbocycles. The molecule has 8 aromatic carbocycles. The van der Waals surface area contributed by atoms with Crippen LogP contribution in [-0.2, 0) is 10.8 Å². The van der Waals surface area contributed by atoms with Crippen molar-refractivity contribution in [1.82, 2.24) is 0 Å². The largest absolute Gasteiger partial charge is 0.457 e. The number of hydrogen-bond acceptors (Lipinski definition) is 3. The molecule has 9 aromatic rings. The molecule has 0 N–H and O–H groups in total. The molecule has 11 rings (SSSR count). The van der Waals surface area contributed by atoms with Gasteiger partial charge in [0.05, 0.1) is 11.4 Å². The summed E-state index contributed by atoms with van der Waals surface area (Å²) in [4.78, 5) is 5.12. The zero-order chi connectivity index (χ0) is 38.1. The summed E-state index contributed by atoms with van der Waals surface area (Å²) in [5.74, 6) is 0. The first-order chi connectivity index (χ1) is 27.1. The van der Waals surface area contributed by atoms with Crippen molar-refractivity contribution in [3.05, 3.63) is 163 Å². The second kappa shape index (κ2) is 11.6. The van der Waals surface area contributed by atoms with Gasteiger partial charge in [0.1, 0.15) is 11.2 Å². The molecule has 3 nitrogen and oxygen atoms in total. The van der Waals surface area contributed by atoms with E-state index in [1.54, 1.807) is 0 Å². The van der Waals surface area contributed by atoms with E-state index in [2.05, 4.69) is 203 Å². The zero-order valence-electron chi connectivity index (χ0n) is 32.8. The lowest BCUT2D eigenvalue weighted by molar-refractivity contribution is 0.596. The van der Waals surface area contributed by atoms with Gasteiger partial charge in [0, 0.05) is 33.5 Å². The summed E-state index contributed by atoms with van der Waals surface area (Å²) < 4.78 is 7.01. The smallest absolute Gasteiger partial charge is 0.257 e. The van der Waals surface area contributed by atoms with E-state index in [9.17, 15) is 0 Å². The maximum absolute atomic E-state index is 7.01. The molecule has 270 valence electrons. The summed E-state index contributed by atoms with van der Waals surface area (Å²) in [5, 5.41) is 7.40. The average molecular weight is 723 g/mol. The lowest BCUT2D eigenvalue weighted by Crippen LogP contribution is -2.61. The highest BCUT2D eigenvalue weighted by atomic mass is 16.3. The predicted octanol–water partition coefficient (Wildman–Crippen LogP) is 12.6. The molecule has 0 spiro atoms. The van der Waals surface area contributed by atoms with E-state index in [0.717, 1.165) is 27.6 Å². The van der Waals surface area contributed by atoms with Gasteiger partial charge in [-0.2, -0.15) is 0 Å². The van der Waals surface area contributed by atoms with Crippen LogP contribution < -0.4 is 26.2 Å². The van der Waals surface area contributed by atoms with Crippen LogP contribution in [0.1, 0.15) is 52.7 Å². The van der Waals surface area contributed by atoms with E-state index in [1.165, 1.54) is 77.5 Å². The Hall–Kier alpha value is -6.26. The van der Waals surface area contributed by atoms with Gasteiger partial charge >= 0.3 is 0 Å². The predicted molar refractivity (Wildman–Crippen MR) is 240 cm³/mol. The average Bonchev–Trinajstić information content (AvgIpc) is 3.58. The second-order valence-electron chi connectivity index (χ2n) is 17.7. The van der Waals surface area contributed by atoms with E-state index < -0.39 is 0 Å². The van der Waals surface area contributed by atoms with E-state index >= 15 is 0 Å². The van der Waals surface area contributed by atoms with Crippen LogP contribution in [0.2, 0.25) is 0 Å². The van der Waals surface area contributed by atoms with Gasteiger partial charge in [-0.1, -0.05) is 145 Å². The van der Waals surface area contributed by atoms with Gasteiger partial charge < -0.3 is 14.2 Å². The monoisotopic (exact) mass is 722 g/mol. The molecule has 0 radical (unpaired) electrons. The van der Waals surface area contributed by atoms with Crippen molar-refractivity contribution in [2.24, 2.45) is 0 Å². The molecule has 56 heavy (non-hydrogen) atoms. The summed E-state index contributed by atoms with van der Waals surface area (Å²) in [6.45, 7) is 14.0. The standard InChI is InChI=1S/C52H43BN2O/c1-51(2,3)46-34-18-9-7-16-32(34)26-29-40(46)54-39-22-13-12-21-38(39)53-48-42(54)23-15-24-43(48)55(41-30-27-33-17-8-10-19-35(33)47(41)52(4,5)6)44-31-28-37-36-20-11-14-25-45(36)56-50(37)49(44)53/h7-31H,1-6H3. The highest BCUT2D eigenvalue weighted by molar-refractivity contribution is 7.01. The van der Waals surface area contributed by atoms with Crippen molar-refractivity contribution in [2.75, 3.05) is 9.80 Å². The second-order valence-corrected chi connectivity index (χ2v) is 17.7. The van der Waals surface area contributed by atoms with Crippen molar-refractivity contribution < 1.29 is 4.42 Å². The minimum atomic E-state index is -0.142. The number of rotatable bonds is 2. The van der Waals surface area contributed by atoms with Crippen LogP contribution in [0.25, 0.3) is 43.5 Å². The third-order valence-corrected chi connectivity index (χ3v) is 12.2. The number of nitrogens with zero attached hydrogens (tertiary/aromatic N) is 2. The summed E-state index contributed by atoms with van der Waals surface area (Å²) >= 11 is 0. The van der Waals surface area contributed by atoms with Crippen LogP contribution in [-0.4, -0.2) is 6.71 Å². The van der Waals surface area contributed by atoms with Crippen LogP contribution in [0.3, 0.4) is 0 Å². The third-order valence-electron chi connectivity index (χ3n) is 12.2. The van der Waals surface area contributed by atoms with Crippen LogP contribution in [0.4, 0.5) is 34.1 Å². The Bertz CT molecular complexity index is 3070. The van der Waals surface area contributed by atoms with Gasteiger partial charge in [-0.25, -0.2) is 0 Å². The fourth-order valence-electron chi connectivity index (χ4n) is 10.1. The van der Waals surface area contributed by atoms with Gasteiger partial charge in [0.25, 0.3) is 6.71 Å². The van der Waals surface area contributed by atoms with Gasteiger partial charge in [0.15, 0.2) is 0 Å². The summed E-state index contributed by atoms with van der Waals surface area (Å²) in [6, 6.07) is 56.2. The van der Waals surface area contributed by atoms with Crippen LogP contribution in [0.15, 0.2) is 156 Å². The molecule has 0 bridgehead atoms. The maximum Gasteiger partial charge on any atom is 0.257 e. The molecule has 2 aliphatic heterocycles. The number of para-hydroxylation sites is 2. The fraction of sp³-hybridized carbons (Fsp3) is 0.154. The van der Waals surface area contributed by atoms with Gasteiger partial charge in [-0.15, -0.1) is 0 Å². The molecule has 3 heterocycles. The summed E-state index contributed by atoms with van der Waals surface area (Å²) in [7, 11) is 0. The van der Waals surface area contributed by atoms with E-state index in [1.807, 2.05) is 0 Å². The minimum Gasteiger partial charge on any atom is -0.457 e. The molecule has 0 saturated heterocycles. The Labute approximate surface area is 328 Å². The first kappa shape index (κ1) is 33.1. The number of furan rings is 1. The molecule has 0 aliphatic carbocycles. The molecule has 2 aliphatic rings. The lowest BCUT2D eigenvalue weighted by atomic mass is 9.33. The van der Waals surface area contributed by atoms with E-state index in [-0.39, 0.29) is 17.5 Å². The zero-order valence-corrected chi connectivity index (χ0v) is 32.8. The lowest BCUT2D eigenvalue weighted by Gasteiger charge is -2.45. The van der Waals surface area contributed by atoms with Crippen molar-refractivity contribution in [1.29, 1.82) is 0 Å². The number of hydrogen-bond donors (Lipinski definition) is 0. The molecular weight excluding hydrogens is 679 g/mol. The molecule has 4 heteroatoms. The number of benzene rings is 8. The minimum absolute atomic E-state index is 0.0544. The third kappa shape index (κ3) is 4.59. The molecule has 0 fully saturated rings. The Morgan fingerprint density at radius 3 is 1.50 bits per heavy atom. The molecule has 0 amide bonds. The highest BCUT2D eigenvalue weighted by Gasteiger charge is 2.46. The number of fused-ring (bicyclic) bond motifs is 10. The highest BCUT2D eigenvalue weighted by Crippen LogP contribution is 2.50. The van der Waals surface area contributed by atoms with Crippen molar-refractivity contribution in [2.45, 2.75) is 52.4 Å². The molecular formula is C52H43BN2O. The number of anilines is 6. The normalized spacial score (nSPS) is 13.8.